The number of rotatable bonds is 4. The number of nitrogens with one attached hydrogen (secondary N) is 2. The van der Waals surface area contributed by atoms with Crippen LogP contribution in [0.4, 0.5) is 5.69 Å². The SMILES string of the molecule is CC(C)C(=O)Nc1ccc(C(=O)N(C)C2CC3CCC(C2)N3)cc1. The van der Waals surface area contributed by atoms with Gasteiger partial charge in [-0.3, -0.25) is 9.59 Å². The molecule has 0 aliphatic carbocycles. The second-order valence-electron chi connectivity index (χ2n) is 7.40. The van der Waals surface area contributed by atoms with Crippen molar-refractivity contribution in [3.63, 3.8) is 0 Å². The Morgan fingerprint density at radius 2 is 1.71 bits per heavy atom. The number of piperidine rings is 1. The quantitative estimate of drug-likeness (QED) is 0.893. The zero-order valence-electron chi connectivity index (χ0n) is 14.7. The molecule has 1 aromatic carbocycles. The number of carbonyl (C=O) groups is 2. The largest absolute Gasteiger partial charge is 0.339 e. The molecule has 0 aromatic heterocycles. The minimum atomic E-state index is -0.0623. The lowest BCUT2D eigenvalue weighted by molar-refractivity contribution is -0.118. The van der Waals surface area contributed by atoms with Crippen molar-refractivity contribution in [2.75, 3.05) is 12.4 Å². The van der Waals surface area contributed by atoms with Crippen LogP contribution in [0.5, 0.6) is 0 Å². The fourth-order valence-electron chi connectivity index (χ4n) is 3.70. The summed E-state index contributed by atoms with van der Waals surface area (Å²) in [5.41, 5.74) is 1.40. The summed E-state index contributed by atoms with van der Waals surface area (Å²) in [4.78, 5) is 26.4. The van der Waals surface area contributed by atoms with Gasteiger partial charge in [0.2, 0.25) is 5.91 Å². The molecule has 2 aliphatic rings. The van der Waals surface area contributed by atoms with E-state index in [4.69, 9.17) is 0 Å². The molecule has 2 unspecified atom stereocenters. The Morgan fingerprint density at radius 1 is 1.12 bits per heavy atom. The third-order valence-electron chi connectivity index (χ3n) is 5.24. The van der Waals surface area contributed by atoms with Crippen LogP contribution in [-0.4, -0.2) is 41.9 Å². The van der Waals surface area contributed by atoms with Gasteiger partial charge >= 0.3 is 0 Å². The molecular weight excluding hydrogens is 302 g/mol. The third kappa shape index (κ3) is 3.61. The predicted molar refractivity (Wildman–Crippen MR) is 95.0 cm³/mol. The Hall–Kier alpha value is -1.88. The molecule has 2 N–H and O–H groups in total. The average molecular weight is 329 g/mol. The molecule has 0 radical (unpaired) electrons. The van der Waals surface area contributed by atoms with Crippen molar-refractivity contribution in [3.05, 3.63) is 29.8 Å². The standard InChI is InChI=1S/C19H27N3O2/c1-12(2)18(23)21-14-6-4-13(5-7-14)19(24)22(3)17-10-15-8-9-16(11-17)20-15/h4-7,12,15-17,20H,8-11H2,1-3H3,(H,21,23). The molecule has 5 nitrogen and oxygen atoms in total. The fourth-order valence-corrected chi connectivity index (χ4v) is 3.70. The van der Waals surface area contributed by atoms with E-state index in [2.05, 4.69) is 10.6 Å². The zero-order chi connectivity index (χ0) is 17.3. The molecular formula is C19H27N3O2. The van der Waals surface area contributed by atoms with Crippen LogP contribution in [0, 0.1) is 5.92 Å². The van der Waals surface area contributed by atoms with Gasteiger partial charge in [0.15, 0.2) is 0 Å². The second kappa shape index (κ2) is 6.93. The number of benzene rings is 1. The molecule has 2 saturated heterocycles. The van der Waals surface area contributed by atoms with Gasteiger partial charge in [-0.25, -0.2) is 0 Å². The first kappa shape index (κ1) is 17.0. The molecule has 130 valence electrons. The van der Waals surface area contributed by atoms with E-state index in [0.29, 0.717) is 23.7 Å². The molecule has 2 heterocycles. The lowest BCUT2D eigenvalue weighted by atomic mass is 9.98. The molecule has 1 aromatic rings. The summed E-state index contributed by atoms with van der Waals surface area (Å²) < 4.78 is 0. The predicted octanol–water partition coefficient (Wildman–Crippen LogP) is 2.64. The van der Waals surface area contributed by atoms with Gasteiger partial charge in [-0.05, 0) is 49.9 Å². The normalized spacial score (nSPS) is 25.6. The second-order valence-corrected chi connectivity index (χ2v) is 7.40. The highest BCUT2D eigenvalue weighted by atomic mass is 16.2. The lowest BCUT2D eigenvalue weighted by Crippen LogP contribution is -2.48. The van der Waals surface area contributed by atoms with Gasteiger partial charge in [-0.1, -0.05) is 13.8 Å². The van der Waals surface area contributed by atoms with E-state index in [1.807, 2.05) is 25.8 Å². The first-order valence-electron chi connectivity index (χ1n) is 8.88. The van der Waals surface area contributed by atoms with Gasteiger partial charge in [0, 0.05) is 42.3 Å². The van der Waals surface area contributed by atoms with Gasteiger partial charge < -0.3 is 15.5 Å². The van der Waals surface area contributed by atoms with Crippen LogP contribution in [0.2, 0.25) is 0 Å². The van der Waals surface area contributed by atoms with Gasteiger partial charge in [-0.2, -0.15) is 0 Å². The molecule has 5 heteroatoms. The molecule has 2 bridgehead atoms. The highest BCUT2D eigenvalue weighted by Crippen LogP contribution is 2.29. The van der Waals surface area contributed by atoms with E-state index in [-0.39, 0.29) is 17.7 Å². The van der Waals surface area contributed by atoms with Crippen molar-refractivity contribution in [1.29, 1.82) is 0 Å². The Bertz CT molecular complexity index is 600. The summed E-state index contributed by atoms with van der Waals surface area (Å²) in [6.07, 6.45) is 4.55. The van der Waals surface area contributed by atoms with E-state index >= 15 is 0 Å². The van der Waals surface area contributed by atoms with Crippen molar-refractivity contribution >= 4 is 17.5 Å². The third-order valence-corrected chi connectivity index (χ3v) is 5.24. The summed E-state index contributed by atoms with van der Waals surface area (Å²) in [7, 11) is 1.91. The molecule has 0 saturated carbocycles. The number of amides is 2. The molecule has 24 heavy (non-hydrogen) atoms. The van der Waals surface area contributed by atoms with Crippen molar-refractivity contribution < 1.29 is 9.59 Å². The molecule has 0 spiro atoms. The summed E-state index contributed by atoms with van der Waals surface area (Å²) in [6, 6.07) is 8.64. The van der Waals surface area contributed by atoms with Crippen molar-refractivity contribution in [2.24, 2.45) is 5.92 Å². The topological polar surface area (TPSA) is 61.4 Å². The van der Waals surface area contributed by atoms with E-state index in [9.17, 15) is 9.59 Å². The fraction of sp³-hybridized carbons (Fsp3) is 0.579. The van der Waals surface area contributed by atoms with Crippen molar-refractivity contribution in [3.8, 4) is 0 Å². The smallest absolute Gasteiger partial charge is 0.253 e. The van der Waals surface area contributed by atoms with E-state index in [1.54, 1.807) is 24.3 Å². The van der Waals surface area contributed by atoms with Crippen molar-refractivity contribution in [2.45, 2.75) is 57.7 Å². The van der Waals surface area contributed by atoms with E-state index in [0.717, 1.165) is 18.5 Å². The highest BCUT2D eigenvalue weighted by Gasteiger charge is 2.36. The summed E-state index contributed by atoms with van der Waals surface area (Å²) in [5.74, 6) is -0.0212. The summed E-state index contributed by atoms with van der Waals surface area (Å²) in [5, 5.41) is 6.46. The highest BCUT2D eigenvalue weighted by molar-refractivity contribution is 5.96. The Kier molecular flexibility index (Phi) is 4.90. The van der Waals surface area contributed by atoms with Crippen LogP contribution in [0.3, 0.4) is 0 Å². The van der Waals surface area contributed by atoms with Crippen LogP contribution in [-0.2, 0) is 4.79 Å². The molecule has 3 rings (SSSR count). The number of nitrogens with zero attached hydrogens (tertiary/aromatic N) is 1. The van der Waals surface area contributed by atoms with Gasteiger partial charge in [0.05, 0.1) is 0 Å². The van der Waals surface area contributed by atoms with Gasteiger partial charge in [0.1, 0.15) is 0 Å². The van der Waals surface area contributed by atoms with Crippen LogP contribution >= 0.6 is 0 Å². The minimum absolute atomic E-state index is 0.0172. The minimum Gasteiger partial charge on any atom is -0.339 e. The summed E-state index contributed by atoms with van der Waals surface area (Å²) >= 11 is 0. The van der Waals surface area contributed by atoms with Crippen LogP contribution in [0.1, 0.15) is 49.9 Å². The van der Waals surface area contributed by atoms with Crippen LogP contribution < -0.4 is 10.6 Å². The van der Waals surface area contributed by atoms with Crippen molar-refractivity contribution in [1.82, 2.24) is 10.2 Å². The Labute approximate surface area is 143 Å². The number of fused-ring (bicyclic) bond motifs is 2. The number of hydrogen-bond donors (Lipinski definition) is 2. The lowest BCUT2D eigenvalue weighted by Gasteiger charge is -2.35. The monoisotopic (exact) mass is 329 g/mol. The number of hydrogen-bond acceptors (Lipinski definition) is 3. The maximum atomic E-state index is 12.7. The first-order valence-corrected chi connectivity index (χ1v) is 8.88. The van der Waals surface area contributed by atoms with Gasteiger partial charge in [-0.15, -0.1) is 0 Å². The molecule has 2 amide bonds. The number of carbonyl (C=O) groups excluding carboxylic acids is 2. The number of anilines is 1. The Balaban J connectivity index is 1.63. The van der Waals surface area contributed by atoms with Gasteiger partial charge in [0.25, 0.3) is 5.91 Å². The van der Waals surface area contributed by atoms with Crippen LogP contribution in [0.15, 0.2) is 24.3 Å². The molecule has 2 aliphatic heterocycles. The Morgan fingerprint density at radius 3 is 2.25 bits per heavy atom. The van der Waals surface area contributed by atoms with Crippen LogP contribution in [0.25, 0.3) is 0 Å². The molecule has 2 atom stereocenters. The first-order chi connectivity index (χ1) is 11.4. The summed E-state index contributed by atoms with van der Waals surface area (Å²) in [6.45, 7) is 3.71. The maximum Gasteiger partial charge on any atom is 0.253 e. The van der Waals surface area contributed by atoms with E-state index in [1.165, 1.54) is 12.8 Å². The van der Waals surface area contributed by atoms with E-state index < -0.39 is 0 Å². The maximum absolute atomic E-state index is 12.7. The zero-order valence-corrected chi connectivity index (χ0v) is 14.7. The molecule has 2 fully saturated rings. The average Bonchev–Trinajstić information content (AvgIpc) is 2.92.